The van der Waals surface area contributed by atoms with Crippen molar-refractivity contribution in [2.75, 3.05) is 55.5 Å². The van der Waals surface area contributed by atoms with Crippen molar-refractivity contribution >= 4 is 28.7 Å². The van der Waals surface area contributed by atoms with Crippen LogP contribution >= 0.6 is 0 Å². The molecule has 4 aromatic rings. The van der Waals surface area contributed by atoms with E-state index in [2.05, 4.69) is 5.32 Å². The molecule has 0 bridgehead atoms. The number of non-ortho nitro benzene ring substituents is 1. The Hall–Kier alpha value is -5.67. The molecular weight excluding hydrogens is 674 g/mol. The van der Waals surface area contributed by atoms with Crippen molar-refractivity contribution in [3.05, 3.63) is 111 Å². The van der Waals surface area contributed by atoms with Crippen molar-refractivity contribution in [1.82, 2.24) is 0 Å². The van der Waals surface area contributed by atoms with Crippen molar-refractivity contribution < 1.29 is 50.3 Å². The summed E-state index contributed by atoms with van der Waals surface area (Å²) in [5.74, 6) is -0.651. The van der Waals surface area contributed by atoms with Gasteiger partial charge in [0.25, 0.3) is 5.69 Å². The molecule has 16 heteroatoms. The zero-order valence-corrected chi connectivity index (χ0v) is 26.6. The second-order valence-corrected chi connectivity index (χ2v) is 11.1. The molecule has 0 atom stereocenters. The Labute approximate surface area is 281 Å². The molecule has 0 aliphatic carbocycles. The lowest BCUT2D eigenvalue weighted by molar-refractivity contribution is -0.384. The molecule has 1 fully saturated rings. The third-order valence-electron chi connectivity index (χ3n) is 8.02. The maximum Gasteiger partial charge on any atom is 0.418 e. The third-order valence-corrected chi connectivity index (χ3v) is 8.02. The summed E-state index contributed by atoms with van der Waals surface area (Å²) in [5.41, 5.74) is -1.48. The highest BCUT2D eigenvalue weighted by molar-refractivity contribution is 5.93. The molecule has 5 rings (SSSR count). The highest BCUT2D eigenvalue weighted by Crippen LogP contribution is 2.41. The van der Waals surface area contributed by atoms with Gasteiger partial charge in [-0.3, -0.25) is 10.1 Å². The van der Waals surface area contributed by atoms with Crippen molar-refractivity contribution in [1.29, 1.82) is 0 Å². The largest absolute Gasteiger partial charge is 0.493 e. The fourth-order valence-electron chi connectivity index (χ4n) is 5.51. The SMILES string of the molecule is COC(=O)c1cc([N+](=O)[O-])ccc1Oc1c(CNc2ccc(N3CCN(c4cccc(C(F)(F)F)c4)CC3)c(C(F)(F)F)c2)cccc1OC. The molecule has 0 unspecified atom stereocenters. The van der Waals surface area contributed by atoms with E-state index in [0.29, 0.717) is 11.3 Å². The van der Waals surface area contributed by atoms with E-state index in [0.717, 1.165) is 37.4 Å². The van der Waals surface area contributed by atoms with Gasteiger partial charge in [0.05, 0.1) is 30.3 Å². The summed E-state index contributed by atoms with van der Waals surface area (Å²) >= 11 is 0. The molecule has 50 heavy (non-hydrogen) atoms. The van der Waals surface area contributed by atoms with Gasteiger partial charge in [0.15, 0.2) is 11.5 Å². The van der Waals surface area contributed by atoms with E-state index in [1.807, 2.05) is 0 Å². The molecule has 0 amide bonds. The van der Waals surface area contributed by atoms with Gasteiger partial charge in [-0.1, -0.05) is 18.2 Å². The van der Waals surface area contributed by atoms with Gasteiger partial charge in [0.2, 0.25) is 0 Å². The number of piperazine rings is 1. The van der Waals surface area contributed by atoms with Crippen LogP contribution in [-0.4, -0.2) is 51.3 Å². The van der Waals surface area contributed by atoms with Crippen molar-refractivity contribution in [2.24, 2.45) is 0 Å². The first-order valence-corrected chi connectivity index (χ1v) is 15.0. The maximum absolute atomic E-state index is 14.4. The predicted octanol–water partition coefficient (Wildman–Crippen LogP) is 8.16. The fraction of sp³-hybridized carbons (Fsp3) is 0.265. The van der Waals surface area contributed by atoms with E-state index in [4.69, 9.17) is 14.2 Å². The molecular formula is C34H30F6N4O6. The Bertz CT molecular complexity index is 1880. The van der Waals surface area contributed by atoms with Gasteiger partial charge in [-0.05, 0) is 48.5 Å². The number of anilines is 3. The van der Waals surface area contributed by atoms with Gasteiger partial charge in [-0.25, -0.2) is 4.79 Å². The second kappa shape index (κ2) is 14.4. The van der Waals surface area contributed by atoms with E-state index in [9.17, 15) is 41.3 Å². The minimum Gasteiger partial charge on any atom is -0.493 e. The molecule has 1 heterocycles. The summed E-state index contributed by atoms with van der Waals surface area (Å²) in [6, 6.07) is 16.8. The number of hydrogen-bond donors (Lipinski definition) is 1. The highest BCUT2D eigenvalue weighted by Gasteiger charge is 2.36. The number of para-hydroxylation sites is 1. The van der Waals surface area contributed by atoms with Gasteiger partial charge in [-0.15, -0.1) is 0 Å². The Morgan fingerprint density at radius 2 is 1.54 bits per heavy atom. The number of carbonyl (C=O) groups excluding carboxylic acids is 1. The number of halogens is 6. The lowest BCUT2D eigenvalue weighted by atomic mass is 10.1. The van der Waals surface area contributed by atoms with Crippen LogP contribution < -0.4 is 24.6 Å². The summed E-state index contributed by atoms with van der Waals surface area (Å²) in [6.45, 7) is 0.659. The molecule has 0 aromatic heterocycles. The Kier molecular flexibility index (Phi) is 10.3. The second-order valence-electron chi connectivity index (χ2n) is 11.1. The van der Waals surface area contributed by atoms with E-state index in [1.165, 1.54) is 37.4 Å². The van der Waals surface area contributed by atoms with Crippen LogP contribution in [0.2, 0.25) is 0 Å². The quantitative estimate of drug-likeness (QED) is 0.0758. The molecule has 1 aliphatic rings. The van der Waals surface area contributed by atoms with Gasteiger partial charge < -0.3 is 29.3 Å². The molecule has 1 aliphatic heterocycles. The van der Waals surface area contributed by atoms with Crippen LogP contribution in [0.5, 0.6) is 17.2 Å². The normalized spacial score (nSPS) is 13.5. The van der Waals surface area contributed by atoms with Gasteiger partial charge in [-0.2, -0.15) is 26.3 Å². The van der Waals surface area contributed by atoms with Crippen LogP contribution in [-0.2, 0) is 23.6 Å². The summed E-state index contributed by atoms with van der Waals surface area (Å²) in [5, 5.41) is 14.3. The molecule has 10 nitrogen and oxygen atoms in total. The fourth-order valence-corrected chi connectivity index (χ4v) is 5.51. The van der Waals surface area contributed by atoms with Crippen LogP contribution in [0, 0.1) is 10.1 Å². The number of methoxy groups -OCH3 is 2. The average Bonchev–Trinajstić information content (AvgIpc) is 3.10. The van der Waals surface area contributed by atoms with Crippen LogP contribution in [0.3, 0.4) is 0 Å². The molecule has 264 valence electrons. The lowest BCUT2D eigenvalue weighted by Crippen LogP contribution is -2.47. The minimum atomic E-state index is -4.73. The Morgan fingerprint density at radius 1 is 0.840 bits per heavy atom. The van der Waals surface area contributed by atoms with E-state index >= 15 is 0 Å². The van der Waals surface area contributed by atoms with E-state index in [1.54, 1.807) is 28.0 Å². The van der Waals surface area contributed by atoms with Gasteiger partial charge in [0, 0.05) is 67.5 Å². The maximum atomic E-state index is 14.4. The molecule has 0 radical (unpaired) electrons. The summed E-state index contributed by atoms with van der Waals surface area (Å²) in [4.78, 5) is 26.3. The number of esters is 1. The minimum absolute atomic E-state index is 0.0562. The molecule has 0 spiro atoms. The number of nitrogens with one attached hydrogen (secondary N) is 1. The monoisotopic (exact) mass is 704 g/mol. The van der Waals surface area contributed by atoms with Crippen LogP contribution in [0.1, 0.15) is 27.0 Å². The number of nitro groups is 1. The molecule has 1 saturated heterocycles. The summed E-state index contributed by atoms with van der Waals surface area (Å²) in [6.07, 6.45) is -9.24. The number of nitrogens with zero attached hydrogens (tertiary/aromatic N) is 3. The zero-order valence-electron chi connectivity index (χ0n) is 26.6. The summed E-state index contributed by atoms with van der Waals surface area (Å²) < 4.78 is 98.9. The van der Waals surface area contributed by atoms with E-state index < -0.39 is 34.4 Å². The number of alkyl halides is 6. The number of nitro benzene ring substituents is 1. The molecule has 4 aromatic carbocycles. The first-order chi connectivity index (χ1) is 23.7. The summed E-state index contributed by atoms with van der Waals surface area (Å²) in [7, 11) is 2.47. The Morgan fingerprint density at radius 3 is 2.18 bits per heavy atom. The topological polar surface area (TPSA) is 106 Å². The lowest BCUT2D eigenvalue weighted by Gasteiger charge is -2.38. The molecule has 1 N–H and O–H groups in total. The van der Waals surface area contributed by atoms with Crippen LogP contribution in [0.15, 0.2) is 78.9 Å². The van der Waals surface area contributed by atoms with Gasteiger partial charge in [0.1, 0.15) is 11.3 Å². The first-order valence-electron chi connectivity index (χ1n) is 15.0. The number of ether oxygens (including phenoxy) is 3. The average molecular weight is 705 g/mol. The number of hydrogen-bond acceptors (Lipinski definition) is 9. The first kappa shape index (κ1) is 35.6. The third kappa shape index (κ3) is 7.96. The zero-order chi connectivity index (χ0) is 36.2. The standard InChI is InChI=1S/C34H30F6N4O6/c1-48-30-8-3-5-21(31(30)50-29-12-10-25(44(46)47)19-26(29)32(45)49-2)20-41-23-9-11-28(27(18-23)34(38,39)40)43-15-13-42(14-16-43)24-7-4-6-22(17-24)33(35,36)37/h3-12,17-19,41H,13-16,20H2,1-2H3. The predicted molar refractivity (Wildman–Crippen MR) is 172 cm³/mol. The highest BCUT2D eigenvalue weighted by atomic mass is 19.4. The Balaban J connectivity index is 1.35. The van der Waals surface area contributed by atoms with Crippen LogP contribution in [0.4, 0.5) is 49.1 Å². The number of benzene rings is 4. The van der Waals surface area contributed by atoms with E-state index in [-0.39, 0.29) is 72.6 Å². The number of rotatable bonds is 10. The van der Waals surface area contributed by atoms with Crippen molar-refractivity contribution in [3.8, 4) is 17.2 Å². The van der Waals surface area contributed by atoms with Gasteiger partial charge >= 0.3 is 18.3 Å². The smallest absolute Gasteiger partial charge is 0.418 e. The van der Waals surface area contributed by atoms with Crippen molar-refractivity contribution in [3.63, 3.8) is 0 Å². The van der Waals surface area contributed by atoms with Crippen LogP contribution in [0.25, 0.3) is 0 Å². The molecule has 0 saturated carbocycles. The number of carbonyl (C=O) groups is 1. The van der Waals surface area contributed by atoms with Crippen molar-refractivity contribution in [2.45, 2.75) is 18.9 Å².